The Kier molecular flexibility index (Phi) is 5.18. The van der Waals surface area contributed by atoms with Crippen LogP contribution in [0.15, 0.2) is 36.4 Å². The number of hydrogen-bond donors (Lipinski definition) is 1. The van der Waals surface area contributed by atoms with Crippen molar-refractivity contribution in [2.45, 2.75) is 6.92 Å². The Morgan fingerprint density at radius 3 is 2.70 bits per heavy atom. The van der Waals surface area contributed by atoms with Gasteiger partial charge in [0, 0.05) is 37.1 Å². The molecule has 3 aromatic heterocycles. The summed E-state index contributed by atoms with van der Waals surface area (Å²) in [5.41, 5.74) is 3.96. The first-order valence-corrected chi connectivity index (χ1v) is 10.9. The predicted molar refractivity (Wildman–Crippen MR) is 119 cm³/mol. The Bertz CT molecular complexity index is 1190. The zero-order valence-corrected chi connectivity index (χ0v) is 17.5. The van der Waals surface area contributed by atoms with Crippen molar-refractivity contribution in [1.29, 1.82) is 0 Å². The van der Waals surface area contributed by atoms with Crippen molar-refractivity contribution in [3.05, 3.63) is 42.0 Å². The van der Waals surface area contributed by atoms with Crippen LogP contribution in [0.1, 0.15) is 5.56 Å². The molecule has 0 radical (unpaired) electrons. The number of aryl methyl sites for hydroxylation is 1. The molecule has 1 aliphatic rings. The summed E-state index contributed by atoms with van der Waals surface area (Å²) in [6.45, 7) is 4.95. The fraction of sp³-hybridized carbons (Fsp3) is 0.318. The van der Waals surface area contributed by atoms with E-state index in [1.807, 2.05) is 18.2 Å². The molecule has 5 rings (SSSR count). The van der Waals surface area contributed by atoms with Crippen molar-refractivity contribution >= 4 is 37.6 Å². The highest BCUT2D eigenvalue weighted by atomic mass is 32.1. The lowest BCUT2D eigenvalue weighted by Gasteiger charge is -2.28. The minimum absolute atomic E-state index is 0.0516. The van der Waals surface area contributed by atoms with Gasteiger partial charge in [-0.3, -0.25) is 0 Å². The molecular weight excluding hydrogens is 401 g/mol. The number of pyridine rings is 1. The molecule has 6 nitrogen and oxygen atoms in total. The molecule has 0 unspecified atom stereocenters. The summed E-state index contributed by atoms with van der Waals surface area (Å²) < 4.78 is 19.2. The molecule has 1 saturated heterocycles. The summed E-state index contributed by atoms with van der Waals surface area (Å²) in [4.78, 5) is 17.4. The maximum absolute atomic E-state index is 12.7. The van der Waals surface area contributed by atoms with Gasteiger partial charge in [-0.15, -0.1) is 11.3 Å². The maximum atomic E-state index is 12.7. The molecule has 0 spiro atoms. The molecule has 8 heteroatoms. The van der Waals surface area contributed by atoms with Crippen molar-refractivity contribution < 1.29 is 9.13 Å². The third-order valence-electron chi connectivity index (χ3n) is 5.24. The molecule has 0 atom stereocenters. The Labute approximate surface area is 177 Å². The van der Waals surface area contributed by atoms with Crippen molar-refractivity contribution in [2.75, 3.05) is 44.4 Å². The van der Waals surface area contributed by atoms with Crippen LogP contribution in [-0.4, -0.2) is 54.4 Å². The smallest absolute Gasteiger partial charge is 0.319 e. The number of aromatic nitrogens is 3. The van der Waals surface area contributed by atoms with Gasteiger partial charge in [0.2, 0.25) is 0 Å². The molecule has 1 aromatic carbocycles. The number of nitrogens with zero attached hydrogens (tertiary/aromatic N) is 4. The van der Waals surface area contributed by atoms with E-state index in [9.17, 15) is 4.39 Å². The molecule has 0 aliphatic carbocycles. The average molecular weight is 424 g/mol. The highest BCUT2D eigenvalue weighted by Gasteiger charge is 2.22. The summed E-state index contributed by atoms with van der Waals surface area (Å²) in [5.74, 6) is 0.846. The van der Waals surface area contributed by atoms with Gasteiger partial charge in [0.25, 0.3) is 0 Å². The number of ether oxygens (including phenoxy) is 1. The number of fused-ring (bicyclic) bond motifs is 3. The van der Waals surface area contributed by atoms with Crippen LogP contribution in [0, 0.1) is 6.92 Å². The number of piperazine rings is 1. The lowest BCUT2D eigenvalue weighted by Crippen LogP contribution is -2.44. The van der Waals surface area contributed by atoms with E-state index < -0.39 is 6.67 Å². The van der Waals surface area contributed by atoms with E-state index in [-0.39, 0.29) is 12.6 Å². The standard InChI is InChI=1S/C22H22FN5OS/c1-14-13-16(15-5-3-2-4-6-15)25-21-17(14)18-19(30-21)20(28-10-8-24-9-11-28)27-22(26-18)29-12-7-23/h2-6,13,24H,7-12H2,1H3. The zero-order valence-electron chi connectivity index (χ0n) is 16.7. The topological polar surface area (TPSA) is 63.2 Å². The van der Waals surface area contributed by atoms with Gasteiger partial charge >= 0.3 is 6.01 Å². The van der Waals surface area contributed by atoms with Gasteiger partial charge in [0.1, 0.15) is 23.6 Å². The van der Waals surface area contributed by atoms with Crippen LogP contribution in [0.2, 0.25) is 0 Å². The molecule has 1 N–H and O–H groups in total. The molecule has 1 fully saturated rings. The number of benzene rings is 1. The number of thiophene rings is 1. The van der Waals surface area contributed by atoms with E-state index in [1.54, 1.807) is 11.3 Å². The second-order valence-electron chi connectivity index (χ2n) is 7.25. The van der Waals surface area contributed by atoms with Gasteiger partial charge in [-0.05, 0) is 18.6 Å². The lowest BCUT2D eigenvalue weighted by atomic mass is 10.1. The maximum Gasteiger partial charge on any atom is 0.319 e. The first-order valence-electron chi connectivity index (χ1n) is 10.1. The summed E-state index contributed by atoms with van der Waals surface area (Å²) in [6.07, 6.45) is 0. The number of hydrogen-bond acceptors (Lipinski definition) is 7. The minimum Gasteiger partial charge on any atom is -0.461 e. The highest BCUT2D eigenvalue weighted by molar-refractivity contribution is 7.26. The van der Waals surface area contributed by atoms with Crippen molar-refractivity contribution in [2.24, 2.45) is 0 Å². The Hall–Kier alpha value is -2.84. The summed E-state index contributed by atoms with van der Waals surface area (Å²) in [6, 6.07) is 12.5. The van der Waals surface area contributed by atoms with E-state index >= 15 is 0 Å². The third kappa shape index (κ3) is 3.46. The number of rotatable bonds is 5. The Balaban J connectivity index is 1.72. The lowest BCUT2D eigenvalue weighted by molar-refractivity contribution is 0.256. The van der Waals surface area contributed by atoms with E-state index in [1.165, 1.54) is 0 Å². The van der Waals surface area contributed by atoms with Crippen molar-refractivity contribution in [3.8, 4) is 17.3 Å². The third-order valence-corrected chi connectivity index (χ3v) is 6.31. The van der Waals surface area contributed by atoms with E-state index in [0.717, 1.165) is 69.3 Å². The van der Waals surface area contributed by atoms with Crippen LogP contribution in [-0.2, 0) is 0 Å². The monoisotopic (exact) mass is 423 g/mol. The predicted octanol–water partition coefficient (Wildman–Crippen LogP) is 3.97. The van der Waals surface area contributed by atoms with Gasteiger partial charge in [-0.1, -0.05) is 30.3 Å². The van der Waals surface area contributed by atoms with Gasteiger partial charge < -0.3 is 15.0 Å². The Morgan fingerprint density at radius 1 is 1.13 bits per heavy atom. The van der Waals surface area contributed by atoms with Gasteiger partial charge in [0.05, 0.1) is 10.4 Å². The van der Waals surface area contributed by atoms with Crippen LogP contribution in [0.25, 0.3) is 31.7 Å². The molecule has 0 amide bonds. The number of anilines is 1. The van der Waals surface area contributed by atoms with Gasteiger partial charge in [-0.25, -0.2) is 9.37 Å². The highest BCUT2D eigenvalue weighted by Crippen LogP contribution is 2.40. The molecule has 0 saturated carbocycles. The minimum atomic E-state index is -0.574. The van der Waals surface area contributed by atoms with Gasteiger partial charge in [-0.2, -0.15) is 9.97 Å². The molecule has 30 heavy (non-hydrogen) atoms. The molecule has 4 aromatic rings. The van der Waals surface area contributed by atoms with Crippen LogP contribution in [0.4, 0.5) is 10.2 Å². The van der Waals surface area contributed by atoms with E-state index in [0.29, 0.717) is 0 Å². The van der Waals surface area contributed by atoms with E-state index in [4.69, 9.17) is 9.72 Å². The first kappa shape index (κ1) is 19.1. The summed E-state index contributed by atoms with van der Waals surface area (Å²) in [5, 5.41) is 4.38. The molecule has 0 bridgehead atoms. The number of halogens is 1. The number of alkyl halides is 1. The fourth-order valence-electron chi connectivity index (χ4n) is 3.83. The van der Waals surface area contributed by atoms with Crippen LogP contribution in [0.5, 0.6) is 6.01 Å². The zero-order chi connectivity index (χ0) is 20.5. The van der Waals surface area contributed by atoms with Crippen LogP contribution in [0.3, 0.4) is 0 Å². The van der Waals surface area contributed by atoms with Crippen LogP contribution >= 0.6 is 11.3 Å². The summed E-state index contributed by atoms with van der Waals surface area (Å²) in [7, 11) is 0. The van der Waals surface area contributed by atoms with Crippen molar-refractivity contribution in [3.63, 3.8) is 0 Å². The number of nitrogens with one attached hydrogen (secondary N) is 1. The second-order valence-corrected chi connectivity index (χ2v) is 8.25. The fourth-order valence-corrected chi connectivity index (χ4v) is 5.03. The second kappa shape index (κ2) is 8.12. The quantitative estimate of drug-likeness (QED) is 0.524. The van der Waals surface area contributed by atoms with Crippen molar-refractivity contribution in [1.82, 2.24) is 20.3 Å². The SMILES string of the molecule is Cc1cc(-c2ccccc2)nc2sc3c(N4CCNCC4)nc(OCCF)nc3c12. The Morgan fingerprint density at radius 2 is 1.93 bits per heavy atom. The summed E-state index contributed by atoms with van der Waals surface area (Å²) >= 11 is 1.61. The normalized spacial score (nSPS) is 14.5. The molecule has 4 heterocycles. The molecule has 154 valence electrons. The van der Waals surface area contributed by atoms with Gasteiger partial charge in [0.15, 0.2) is 5.82 Å². The molecular formula is C22H22FN5OS. The molecule has 1 aliphatic heterocycles. The van der Waals surface area contributed by atoms with Crippen LogP contribution < -0.4 is 15.0 Å². The average Bonchev–Trinajstić information content (AvgIpc) is 3.17. The largest absolute Gasteiger partial charge is 0.461 e. The first-order chi connectivity index (χ1) is 14.7. The van der Waals surface area contributed by atoms with E-state index in [2.05, 4.69) is 45.3 Å².